The predicted octanol–water partition coefficient (Wildman–Crippen LogP) is 1.56. The summed E-state index contributed by atoms with van der Waals surface area (Å²) in [5.74, 6) is 1.07. The molecule has 1 atom stereocenters. The van der Waals surface area contributed by atoms with E-state index in [0.717, 1.165) is 37.3 Å². The lowest BCUT2D eigenvalue weighted by Gasteiger charge is -2.28. The summed E-state index contributed by atoms with van der Waals surface area (Å²) in [7, 11) is 1.66. The fourth-order valence-corrected chi connectivity index (χ4v) is 2.81. The predicted molar refractivity (Wildman–Crippen MR) is 83.8 cm³/mol. The van der Waals surface area contributed by atoms with Gasteiger partial charge in [0.15, 0.2) is 0 Å². The zero-order valence-corrected chi connectivity index (χ0v) is 13.1. The summed E-state index contributed by atoms with van der Waals surface area (Å²) in [6.07, 6.45) is 2.76. The molecule has 5 heteroatoms. The summed E-state index contributed by atoms with van der Waals surface area (Å²) in [6.45, 7) is 2.89. The first-order chi connectivity index (χ1) is 10.8. The van der Waals surface area contributed by atoms with Crippen molar-refractivity contribution in [1.29, 1.82) is 0 Å². The number of hydrogen-bond donors (Lipinski definition) is 1. The monoisotopic (exact) mass is 304 g/mol. The van der Waals surface area contributed by atoms with Crippen LogP contribution in [-0.2, 0) is 16.1 Å². The molecule has 1 heterocycles. The van der Waals surface area contributed by atoms with Crippen LogP contribution >= 0.6 is 0 Å². The van der Waals surface area contributed by atoms with Gasteiger partial charge in [-0.1, -0.05) is 12.1 Å². The zero-order valence-electron chi connectivity index (χ0n) is 13.1. The van der Waals surface area contributed by atoms with Crippen LogP contribution in [0.1, 0.15) is 24.8 Å². The van der Waals surface area contributed by atoms with Gasteiger partial charge in [0, 0.05) is 31.6 Å². The number of nitrogens with zero attached hydrogens (tertiary/aromatic N) is 1. The third-order valence-electron chi connectivity index (χ3n) is 4.24. The smallest absolute Gasteiger partial charge is 0.224 e. The van der Waals surface area contributed by atoms with Gasteiger partial charge in [0.25, 0.3) is 0 Å². The molecule has 0 aromatic heterocycles. The number of amides is 1. The largest absolute Gasteiger partial charge is 0.497 e. The van der Waals surface area contributed by atoms with Gasteiger partial charge in [0.2, 0.25) is 5.91 Å². The van der Waals surface area contributed by atoms with Crippen LogP contribution < -0.4 is 10.1 Å². The molecule has 1 unspecified atom stereocenters. The first kappa shape index (κ1) is 15.3. The highest BCUT2D eigenvalue weighted by Gasteiger charge is 2.33. The van der Waals surface area contributed by atoms with Gasteiger partial charge in [-0.3, -0.25) is 4.79 Å². The first-order valence-electron chi connectivity index (χ1n) is 8.00. The highest BCUT2D eigenvalue weighted by Crippen LogP contribution is 2.29. The third kappa shape index (κ3) is 3.99. The number of hydrogen-bond acceptors (Lipinski definition) is 4. The van der Waals surface area contributed by atoms with Crippen LogP contribution in [0.4, 0.5) is 0 Å². The van der Waals surface area contributed by atoms with Crippen molar-refractivity contribution in [3.8, 4) is 5.75 Å². The van der Waals surface area contributed by atoms with Gasteiger partial charge in [-0.2, -0.15) is 0 Å². The number of nitrogens with one attached hydrogen (secondary N) is 1. The zero-order chi connectivity index (χ0) is 15.4. The SMILES string of the molecule is COc1ccc(CN(C(=O)CC2COCCN2)C2CC2)cc1. The van der Waals surface area contributed by atoms with Crippen molar-refractivity contribution < 1.29 is 14.3 Å². The minimum Gasteiger partial charge on any atom is -0.497 e. The Hall–Kier alpha value is -1.59. The van der Waals surface area contributed by atoms with E-state index < -0.39 is 0 Å². The van der Waals surface area contributed by atoms with Gasteiger partial charge in [0.05, 0.1) is 20.3 Å². The van der Waals surface area contributed by atoms with Crippen molar-refractivity contribution in [2.24, 2.45) is 0 Å². The van der Waals surface area contributed by atoms with E-state index in [-0.39, 0.29) is 11.9 Å². The highest BCUT2D eigenvalue weighted by atomic mass is 16.5. The van der Waals surface area contributed by atoms with Crippen LogP contribution in [0.15, 0.2) is 24.3 Å². The minimum atomic E-state index is 0.151. The Balaban J connectivity index is 1.60. The van der Waals surface area contributed by atoms with Crippen LogP contribution in [0.25, 0.3) is 0 Å². The molecule has 0 spiro atoms. The van der Waals surface area contributed by atoms with Crippen molar-refractivity contribution in [2.45, 2.75) is 37.9 Å². The van der Waals surface area contributed by atoms with Gasteiger partial charge < -0.3 is 19.7 Å². The summed E-state index contributed by atoms with van der Waals surface area (Å²) >= 11 is 0. The van der Waals surface area contributed by atoms with E-state index in [4.69, 9.17) is 9.47 Å². The van der Waals surface area contributed by atoms with Crippen LogP contribution in [0.2, 0.25) is 0 Å². The van der Waals surface area contributed by atoms with E-state index in [1.807, 2.05) is 29.2 Å². The first-order valence-corrected chi connectivity index (χ1v) is 8.00. The molecule has 3 rings (SSSR count). The quantitative estimate of drug-likeness (QED) is 0.866. The van der Waals surface area contributed by atoms with Crippen molar-refractivity contribution in [2.75, 3.05) is 26.9 Å². The molecule has 1 saturated heterocycles. The number of morpholine rings is 1. The lowest BCUT2D eigenvalue weighted by atomic mass is 10.1. The van der Waals surface area contributed by atoms with Crippen LogP contribution in [0.5, 0.6) is 5.75 Å². The molecule has 5 nitrogen and oxygen atoms in total. The standard InChI is InChI=1S/C17H24N2O3/c1-21-16-6-2-13(3-7-16)11-19(15-4-5-15)17(20)10-14-12-22-9-8-18-14/h2-3,6-7,14-15,18H,4-5,8-12H2,1H3. The Kier molecular flexibility index (Phi) is 4.95. The molecule has 0 bridgehead atoms. The van der Waals surface area contributed by atoms with E-state index in [0.29, 0.717) is 25.6 Å². The van der Waals surface area contributed by atoms with E-state index in [2.05, 4.69) is 5.32 Å². The Morgan fingerprint density at radius 1 is 1.36 bits per heavy atom. The lowest BCUT2D eigenvalue weighted by Crippen LogP contribution is -2.45. The summed E-state index contributed by atoms with van der Waals surface area (Å²) < 4.78 is 10.6. The van der Waals surface area contributed by atoms with E-state index in [1.165, 1.54) is 0 Å². The fourth-order valence-electron chi connectivity index (χ4n) is 2.81. The van der Waals surface area contributed by atoms with Crippen LogP contribution in [-0.4, -0.2) is 49.8 Å². The van der Waals surface area contributed by atoms with Gasteiger partial charge in [-0.05, 0) is 30.5 Å². The number of methoxy groups -OCH3 is 1. The molecular formula is C17H24N2O3. The molecular weight excluding hydrogens is 280 g/mol. The molecule has 1 aliphatic carbocycles. The maximum atomic E-state index is 12.6. The summed E-state index contributed by atoms with van der Waals surface area (Å²) in [4.78, 5) is 14.7. The average molecular weight is 304 g/mol. The minimum absolute atomic E-state index is 0.151. The van der Waals surface area contributed by atoms with Gasteiger partial charge in [-0.15, -0.1) is 0 Å². The topological polar surface area (TPSA) is 50.8 Å². The number of benzene rings is 1. The molecule has 1 aromatic rings. The third-order valence-corrected chi connectivity index (χ3v) is 4.24. The second-order valence-electron chi connectivity index (χ2n) is 6.03. The Morgan fingerprint density at radius 2 is 2.14 bits per heavy atom. The number of carbonyl (C=O) groups is 1. The van der Waals surface area contributed by atoms with Crippen molar-refractivity contribution in [3.63, 3.8) is 0 Å². The second kappa shape index (κ2) is 7.11. The van der Waals surface area contributed by atoms with Crippen LogP contribution in [0.3, 0.4) is 0 Å². The van der Waals surface area contributed by atoms with Crippen molar-refractivity contribution in [1.82, 2.24) is 10.2 Å². The number of carbonyl (C=O) groups excluding carboxylic acids is 1. The van der Waals surface area contributed by atoms with E-state index in [9.17, 15) is 4.79 Å². The normalized spacial score (nSPS) is 21.4. The molecule has 22 heavy (non-hydrogen) atoms. The molecule has 2 aliphatic rings. The van der Waals surface area contributed by atoms with Gasteiger partial charge in [-0.25, -0.2) is 0 Å². The Labute approximate surface area is 131 Å². The Bertz CT molecular complexity index is 493. The summed E-state index contributed by atoms with van der Waals surface area (Å²) in [5, 5.41) is 3.35. The fraction of sp³-hybridized carbons (Fsp3) is 0.588. The molecule has 0 radical (unpaired) electrons. The lowest BCUT2D eigenvalue weighted by molar-refractivity contribution is -0.133. The molecule has 1 amide bonds. The molecule has 1 aromatic carbocycles. The molecule has 1 saturated carbocycles. The Morgan fingerprint density at radius 3 is 2.73 bits per heavy atom. The van der Waals surface area contributed by atoms with Crippen molar-refractivity contribution >= 4 is 5.91 Å². The molecule has 1 aliphatic heterocycles. The molecule has 2 fully saturated rings. The summed E-state index contributed by atoms with van der Waals surface area (Å²) in [5.41, 5.74) is 1.15. The maximum Gasteiger partial charge on any atom is 0.224 e. The highest BCUT2D eigenvalue weighted by molar-refractivity contribution is 5.77. The van der Waals surface area contributed by atoms with Crippen molar-refractivity contribution in [3.05, 3.63) is 29.8 Å². The average Bonchev–Trinajstić information content (AvgIpc) is 3.39. The molecule has 1 N–H and O–H groups in total. The van der Waals surface area contributed by atoms with Gasteiger partial charge in [0.1, 0.15) is 5.75 Å². The summed E-state index contributed by atoms with van der Waals surface area (Å²) in [6, 6.07) is 8.52. The number of rotatable bonds is 6. The number of ether oxygens (including phenoxy) is 2. The second-order valence-corrected chi connectivity index (χ2v) is 6.03. The van der Waals surface area contributed by atoms with Crippen LogP contribution in [0, 0.1) is 0 Å². The van der Waals surface area contributed by atoms with Gasteiger partial charge >= 0.3 is 0 Å². The molecule has 120 valence electrons. The maximum absolute atomic E-state index is 12.6. The van der Waals surface area contributed by atoms with E-state index in [1.54, 1.807) is 7.11 Å². The van der Waals surface area contributed by atoms with E-state index >= 15 is 0 Å².